The Bertz CT molecular complexity index is 584. The van der Waals surface area contributed by atoms with E-state index in [1.165, 1.54) is 12.1 Å². The Labute approximate surface area is 111 Å². The molecule has 2 aromatic rings. The monoisotopic (exact) mass is 258 g/mol. The molecule has 0 aliphatic carbocycles. The Balaban J connectivity index is 2.23. The Morgan fingerprint density at radius 3 is 2.53 bits per heavy atom. The molecule has 0 saturated heterocycles. The normalized spacial score (nSPS) is 10.2. The third kappa shape index (κ3) is 3.17. The van der Waals surface area contributed by atoms with Crippen LogP contribution in [0.1, 0.15) is 15.9 Å². The molecule has 2 rings (SSSR count). The molecule has 0 aliphatic heterocycles. The molecule has 0 atom stereocenters. The van der Waals surface area contributed by atoms with Gasteiger partial charge in [0.1, 0.15) is 5.82 Å². The fourth-order valence-electron chi connectivity index (χ4n) is 1.87. The summed E-state index contributed by atoms with van der Waals surface area (Å²) >= 11 is 0. The van der Waals surface area contributed by atoms with Crippen LogP contribution in [0.3, 0.4) is 0 Å². The van der Waals surface area contributed by atoms with Crippen molar-refractivity contribution in [1.29, 1.82) is 0 Å². The number of hydrogen-bond acceptors (Lipinski definition) is 2. The molecule has 1 amide bonds. The molecular weight excluding hydrogens is 243 g/mol. The van der Waals surface area contributed by atoms with E-state index in [4.69, 9.17) is 5.73 Å². The van der Waals surface area contributed by atoms with Crippen molar-refractivity contribution in [3.8, 4) is 0 Å². The van der Waals surface area contributed by atoms with Gasteiger partial charge in [-0.25, -0.2) is 4.39 Å². The van der Waals surface area contributed by atoms with Crippen LogP contribution >= 0.6 is 0 Å². The first-order valence-electron chi connectivity index (χ1n) is 6.06. The van der Waals surface area contributed by atoms with Crippen molar-refractivity contribution in [2.45, 2.75) is 6.42 Å². The molecule has 0 spiro atoms. The Morgan fingerprint density at radius 2 is 1.79 bits per heavy atom. The van der Waals surface area contributed by atoms with E-state index in [2.05, 4.69) is 5.32 Å². The van der Waals surface area contributed by atoms with Crippen molar-refractivity contribution in [3.05, 3.63) is 65.5 Å². The van der Waals surface area contributed by atoms with Gasteiger partial charge in [-0.2, -0.15) is 0 Å². The third-order valence-corrected chi connectivity index (χ3v) is 2.80. The minimum absolute atomic E-state index is 0.176. The summed E-state index contributed by atoms with van der Waals surface area (Å²) < 4.78 is 13.5. The van der Waals surface area contributed by atoms with E-state index >= 15 is 0 Å². The lowest BCUT2D eigenvalue weighted by molar-refractivity contribution is 0.102. The number of hydrogen-bond donors (Lipinski definition) is 2. The van der Waals surface area contributed by atoms with Crippen molar-refractivity contribution >= 4 is 11.6 Å². The van der Waals surface area contributed by atoms with Gasteiger partial charge in [-0.3, -0.25) is 4.79 Å². The second kappa shape index (κ2) is 6.11. The second-order valence-electron chi connectivity index (χ2n) is 4.13. The van der Waals surface area contributed by atoms with Gasteiger partial charge in [0.25, 0.3) is 5.91 Å². The van der Waals surface area contributed by atoms with Crippen LogP contribution in [0.15, 0.2) is 48.5 Å². The number of nitrogens with one attached hydrogen (secondary N) is 1. The van der Waals surface area contributed by atoms with E-state index in [1.54, 1.807) is 24.3 Å². The predicted molar refractivity (Wildman–Crippen MR) is 73.6 cm³/mol. The molecule has 0 aliphatic rings. The van der Waals surface area contributed by atoms with Crippen molar-refractivity contribution in [1.82, 2.24) is 0 Å². The van der Waals surface area contributed by atoms with Crippen LogP contribution in [0.4, 0.5) is 10.1 Å². The average molecular weight is 258 g/mol. The molecule has 0 radical (unpaired) electrons. The fourth-order valence-corrected chi connectivity index (χ4v) is 1.87. The highest BCUT2D eigenvalue weighted by Crippen LogP contribution is 2.16. The summed E-state index contributed by atoms with van der Waals surface area (Å²) in [5, 5.41) is 2.57. The van der Waals surface area contributed by atoms with Gasteiger partial charge in [-0.05, 0) is 36.7 Å². The number of carbonyl (C=O) groups excluding carboxylic acids is 1. The molecule has 0 bridgehead atoms. The number of nitrogens with two attached hydrogens (primary N) is 1. The molecule has 0 fully saturated rings. The van der Waals surface area contributed by atoms with E-state index in [1.807, 2.05) is 12.1 Å². The van der Waals surface area contributed by atoms with Gasteiger partial charge < -0.3 is 11.1 Å². The number of benzene rings is 2. The fraction of sp³-hybridized carbons (Fsp3) is 0.133. The SMILES string of the molecule is NCCc1ccccc1C(=O)Nc1ccccc1F. The lowest BCUT2D eigenvalue weighted by Gasteiger charge is -2.10. The molecule has 0 aromatic heterocycles. The van der Waals surface area contributed by atoms with Gasteiger partial charge in [-0.15, -0.1) is 0 Å². The minimum Gasteiger partial charge on any atom is -0.330 e. The predicted octanol–water partition coefficient (Wildman–Crippen LogP) is 2.58. The van der Waals surface area contributed by atoms with Gasteiger partial charge in [0.15, 0.2) is 0 Å². The second-order valence-corrected chi connectivity index (χ2v) is 4.13. The van der Waals surface area contributed by atoms with Crippen LogP contribution < -0.4 is 11.1 Å². The molecule has 4 heteroatoms. The summed E-state index contributed by atoms with van der Waals surface area (Å²) in [7, 11) is 0. The van der Waals surface area contributed by atoms with E-state index in [0.717, 1.165) is 5.56 Å². The molecule has 3 N–H and O–H groups in total. The minimum atomic E-state index is -0.452. The van der Waals surface area contributed by atoms with Gasteiger partial charge in [0.05, 0.1) is 5.69 Å². The first kappa shape index (κ1) is 13.2. The number of amides is 1. The van der Waals surface area contributed by atoms with Crippen molar-refractivity contribution in [2.75, 3.05) is 11.9 Å². The lowest BCUT2D eigenvalue weighted by atomic mass is 10.0. The van der Waals surface area contributed by atoms with Gasteiger partial charge in [-0.1, -0.05) is 30.3 Å². The smallest absolute Gasteiger partial charge is 0.256 e. The first-order valence-corrected chi connectivity index (χ1v) is 6.06. The number of rotatable bonds is 4. The van der Waals surface area contributed by atoms with E-state index in [9.17, 15) is 9.18 Å². The van der Waals surface area contributed by atoms with Crippen LogP contribution in [0.5, 0.6) is 0 Å². The first-order chi connectivity index (χ1) is 9.22. The zero-order valence-corrected chi connectivity index (χ0v) is 10.4. The van der Waals surface area contributed by atoms with Gasteiger partial charge in [0.2, 0.25) is 0 Å². The Hall–Kier alpha value is -2.20. The molecule has 3 nitrogen and oxygen atoms in total. The van der Waals surface area contributed by atoms with Crippen LogP contribution in [0.25, 0.3) is 0 Å². The van der Waals surface area contributed by atoms with Gasteiger partial charge in [0, 0.05) is 5.56 Å². The highest BCUT2D eigenvalue weighted by atomic mass is 19.1. The number of para-hydroxylation sites is 1. The number of anilines is 1. The Kier molecular flexibility index (Phi) is 4.26. The summed E-state index contributed by atoms with van der Waals surface area (Å²) in [6, 6.07) is 13.3. The maximum absolute atomic E-state index is 13.5. The van der Waals surface area contributed by atoms with E-state index < -0.39 is 5.82 Å². The van der Waals surface area contributed by atoms with Crippen LogP contribution in [-0.2, 0) is 6.42 Å². The summed E-state index contributed by atoms with van der Waals surface area (Å²) in [4.78, 5) is 12.1. The molecule has 98 valence electrons. The van der Waals surface area contributed by atoms with Crippen molar-refractivity contribution in [2.24, 2.45) is 5.73 Å². The van der Waals surface area contributed by atoms with E-state index in [-0.39, 0.29) is 11.6 Å². The molecular formula is C15H15FN2O. The van der Waals surface area contributed by atoms with Crippen LogP contribution in [-0.4, -0.2) is 12.5 Å². The van der Waals surface area contributed by atoms with E-state index in [0.29, 0.717) is 18.5 Å². The van der Waals surface area contributed by atoms with Crippen molar-refractivity contribution in [3.63, 3.8) is 0 Å². The third-order valence-electron chi connectivity index (χ3n) is 2.80. The summed E-state index contributed by atoms with van der Waals surface area (Å²) in [6.45, 7) is 0.462. The highest BCUT2D eigenvalue weighted by Gasteiger charge is 2.12. The lowest BCUT2D eigenvalue weighted by Crippen LogP contribution is -2.16. The standard InChI is InChI=1S/C15H15FN2O/c16-13-7-3-4-8-14(13)18-15(19)12-6-2-1-5-11(12)9-10-17/h1-8H,9-10,17H2,(H,18,19). The topological polar surface area (TPSA) is 55.1 Å². The zero-order chi connectivity index (χ0) is 13.7. The zero-order valence-electron chi connectivity index (χ0n) is 10.4. The van der Waals surface area contributed by atoms with Crippen molar-refractivity contribution < 1.29 is 9.18 Å². The van der Waals surface area contributed by atoms with Crippen LogP contribution in [0, 0.1) is 5.82 Å². The molecule has 0 unspecified atom stereocenters. The molecule has 19 heavy (non-hydrogen) atoms. The molecule has 0 heterocycles. The van der Waals surface area contributed by atoms with Crippen LogP contribution in [0.2, 0.25) is 0 Å². The molecule has 0 saturated carbocycles. The summed E-state index contributed by atoms with van der Waals surface area (Å²) in [5.41, 5.74) is 7.07. The quantitative estimate of drug-likeness (QED) is 0.885. The summed E-state index contributed by atoms with van der Waals surface area (Å²) in [5.74, 6) is -0.777. The largest absolute Gasteiger partial charge is 0.330 e. The molecule has 2 aromatic carbocycles. The summed E-state index contributed by atoms with van der Waals surface area (Å²) in [6.07, 6.45) is 0.612. The highest BCUT2D eigenvalue weighted by molar-refractivity contribution is 6.05. The maximum Gasteiger partial charge on any atom is 0.256 e. The number of halogens is 1. The average Bonchev–Trinajstić information content (AvgIpc) is 2.42. The number of carbonyl (C=O) groups is 1. The Morgan fingerprint density at radius 1 is 1.11 bits per heavy atom. The maximum atomic E-state index is 13.5. The van der Waals surface area contributed by atoms with Gasteiger partial charge >= 0.3 is 0 Å².